The van der Waals surface area contributed by atoms with Crippen LogP contribution in [0.15, 0.2) is 30.3 Å². The van der Waals surface area contributed by atoms with E-state index in [1.165, 1.54) is 4.80 Å². The van der Waals surface area contributed by atoms with Crippen LogP contribution in [0.3, 0.4) is 0 Å². The van der Waals surface area contributed by atoms with Crippen LogP contribution in [0.1, 0.15) is 6.42 Å². The van der Waals surface area contributed by atoms with Gasteiger partial charge in [0.2, 0.25) is 0 Å². The smallest absolute Gasteiger partial charge is 0.550 e. The second-order valence-corrected chi connectivity index (χ2v) is 4.35. The maximum Gasteiger partial charge on any atom is 1.00 e. The van der Waals surface area contributed by atoms with Crippen LogP contribution < -0.4 is 39.6 Å². The van der Waals surface area contributed by atoms with Gasteiger partial charge in [0.25, 0.3) is 0 Å². The predicted molar refractivity (Wildman–Crippen MR) is 69.4 cm³/mol. The summed E-state index contributed by atoms with van der Waals surface area (Å²) in [6, 6.07) is 9.67. The second kappa shape index (κ2) is 7.42. The van der Waals surface area contributed by atoms with Crippen molar-refractivity contribution in [2.24, 2.45) is 0 Å². The van der Waals surface area contributed by atoms with Gasteiger partial charge in [-0.25, -0.2) is 0 Å². The minimum absolute atomic E-state index is 0. The first kappa shape index (κ1) is 16.7. The SMILES string of the molecule is CN(C)c1nn(CCC(=O)[O-])nc1-c1ccccc1.[Na+]. The van der Waals surface area contributed by atoms with E-state index in [-0.39, 0.29) is 42.5 Å². The molecule has 0 N–H and O–H groups in total. The minimum atomic E-state index is -1.11. The maximum absolute atomic E-state index is 10.5. The third-order valence-corrected chi connectivity index (χ3v) is 2.62. The number of carbonyl (C=O) groups excluding carboxylic acids is 1. The molecule has 1 aromatic carbocycles. The maximum atomic E-state index is 10.5. The number of nitrogens with zero attached hydrogens (tertiary/aromatic N) is 4. The summed E-state index contributed by atoms with van der Waals surface area (Å²) in [5, 5.41) is 19.1. The van der Waals surface area contributed by atoms with Gasteiger partial charge in [0.1, 0.15) is 5.69 Å². The molecule has 0 amide bonds. The van der Waals surface area contributed by atoms with E-state index in [4.69, 9.17) is 0 Å². The van der Waals surface area contributed by atoms with Crippen molar-refractivity contribution in [2.45, 2.75) is 13.0 Å². The van der Waals surface area contributed by atoms with Gasteiger partial charge >= 0.3 is 29.6 Å². The monoisotopic (exact) mass is 282 g/mol. The molecule has 0 aliphatic heterocycles. The van der Waals surface area contributed by atoms with E-state index in [0.717, 1.165) is 11.3 Å². The Balaban J connectivity index is 0.00000200. The van der Waals surface area contributed by atoms with Crippen molar-refractivity contribution in [1.82, 2.24) is 15.0 Å². The third kappa shape index (κ3) is 4.06. The molecule has 0 aliphatic rings. The summed E-state index contributed by atoms with van der Waals surface area (Å²) >= 11 is 0. The number of benzene rings is 1. The molecule has 0 saturated carbocycles. The molecule has 0 aliphatic carbocycles. The zero-order valence-electron chi connectivity index (χ0n) is 11.9. The number of rotatable bonds is 5. The number of aryl methyl sites for hydroxylation is 1. The van der Waals surface area contributed by atoms with Crippen molar-refractivity contribution >= 4 is 11.8 Å². The van der Waals surface area contributed by atoms with E-state index in [1.807, 2.05) is 49.3 Å². The minimum Gasteiger partial charge on any atom is -0.550 e. The third-order valence-electron chi connectivity index (χ3n) is 2.62. The van der Waals surface area contributed by atoms with Gasteiger partial charge in [-0.15, -0.1) is 5.10 Å². The average molecular weight is 282 g/mol. The summed E-state index contributed by atoms with van der Waals surface area (Å²) < 4.78 is 0. The molecule has 1 aromatic heterocycles. The van der Waals surface area contributed by atoms with Crippen LogP contribution in [0.5, 0.6) is 0 Å². The van der Waals surface area contributed by atoms with Gasteiger partial charge in [-0.3, -0.25) is 0 Å². The zero-order valence-corrected chi connectivity index (χ0v) is 13.9. The first-order valence-corrected chi connectivity index (χ1v) is 5.95. The van der Waals surface area contributed by atoms with Gasteiger partial charge in [-0.2, -0.15) is 9.90 Å². The standard InChI is InChI=1S/C13H16N4O2.Na/c1-16(2)13-12(10-6-4-3-5-7-10)14-17(15-13)9-8-11(18)19;/h3-7H,8-9H2,1-2H3,(H,18,19);/q;+1/p-1. The van der Waals surface area contributed by atoms with Gasteiger partial charge in [-0.05, 0) is 0 Å². The first-order valence-electron chi connectivity index (χ1n) is 5.95. The molecule has 1 heterocycles. The molecule has 0 atom stereocenters. The molecule has 20 heavy (non-hydrogen) atoms. The molecule has 7 heteroatoms. The summed E-state index contributed by atoms with van der Waals surface area (Å²) in [6.45, 7) is 0.204. The Kier molecular flexibility index (Phi) is 6.19. The molecule has 0 saturated heterocycles. The molecular weight excluding hydrogens is 267 g/mol. The molecule has 0 radical (unpaired) electrons. The van der Waals surface area contributed by atoms with Crippen molar-refractivity contribution in [3.8, 4) is 11.3 Å². The average Bonchev–Trinajstić information content (AvgIpc) is 2.82. The number of aromatic nitrogens is 3. The van der Waals surface area contributed by atoms with E-state index in [2.05, 4.69) is 10.2 Å². The number of aliphatic carboxylic acids is 1. The van der Waals surface area contributed by atoms with Crippen molar-refractivity contribution in [2.75, 3.05) is 19.0 Å². The van der Waals surface area contributed by atoms with Crippen molar-refractivity contribution < 1.29 is 39.5 Å². The summed E-state index contributed by atoms with van der Waals surface area (Å²) in [5.41, 5.74) is 1.69. The molecule has 0 fully saturated rings. The largest absolute Gasteiger partial charge is 1.00 e. The molecule has 6 nitrogen and oxygen atoms in total. The Bertz CT molecular complexity index is 569. The van der Waals surface area contributed by atoms with Gasteiger partial charge in [0.05, 0.1) is 6.54 Å². The van der Waals surface area contributed by atoms with E-state index in [9.17, 15) is 9.90 Å². The predicted octanol–water partition coefficient (Wildman–Crippen LogP) is -2.84. The van der Waals surface area contributed by atoms with Crippen LogP contribution in [0, 0.1) is 0 Å². The Hall–Kier alpha value is -1.37. The number of hydrogen-bond acceptors (Lipinski definition) is 5. The fraction of sp³-hybridized carbons (Fsp3) is 0.308. The summed E-state index contributed by atoms with van der Waals surface area (Å²) in [7, 11) is 3.75. The second-order valence-electron chi connectivity index (χ2n) is 4.35. The molecule has 0 spiro atoms. The summed E-state index contributed by atoms with van der Waals surface area (Å²) in [6.07, 6.45) is -0.101. The Morgan fingerprint density at radius 3 is 2.45 bits per heavy atom. The molecule has 2 rings (SSSR count). The summed E-state index contributed by atoms with van der Waals surface area (Å²) in [5.74, 6) is -0.394. The van der Waals surface area contributed by atoms with Gasteiger partial charge in [-0.1, -0.05) is 30.3 Å². The van der Waals surface area contributed by atoms with Gasteiger partial charge in [0.15, 0.2) is 5.82 Å². The van der Waals surface area contributed by atoms with Crippen LogP contribution in [0.25, 0.3) is 11.3 Å². The molecule has 0 unspecified atom stereocenters. The molecule has 100 valence electrons. The van der Waals surface area contributed by atoms with Crippen molar-refractivity contribution in [3.05, 3.63) is 30.3 Å². The van der Waals surface area contributed by atoms with Crippen LogP contribution in [0.4, 0.5) is 5.82 Å². The fourth-order valence-electron chi connectivity index (χ4n) is 1.71. The number of anilines is 1. The first-order chi connectivity index (χ1) is 9.08. The Labute approximate surface area is 139 Å². The zero-order chi connectivity index (χ0) is 13.8. The number of carbonyl (C=O) groups is 1. The normalized spacial score (nSPS) is 9.90. The molecular formula is C13H15N4NaO2. The van der Waals surface area contributed by atoms with Gasteiger partial charge in [0, 0.05) is 32.0 Å². The van der Waals surface area contributed by atoms with E-state index in [1.54, 1.807) is 0 Å². The van der Waals surface area contributed by atoms with E-state index in [0.29, 0.717) is 5.82 Å². The van der Waals surface area contributed by atoms with E-state index < -0.39 is 5.97 Å². The molecule has 0 bridgehead atoms. The Morgan fingerprint density at radius 2 is 1.90 bits per heavy atom. The van der Waals surface area contributed by atoms with E-state index >= 15 is 0 Å². The van der Waals surface area contributed by atoms with Crippen LogP contribution in [-0.2, 0) is 11.3 Å². The molecule has 2 aromatic rings. The van der Waals surface area contributed by atoms with Crippen molar-refractivity contribution in [1.29, 1.82) is 0 Å². The summed E-state index contributed by atoms with van der Waals surface area (Å²) in [4.78, 5) is 13.7. The quantitative estimate of drug-likeness (QED) is 0.552. The van der Waals surface area contributed by atoms with Crippen LogP contribution >= 0.6 is 0 Å². The number of carboxylic acid groups (broad SMARTS) is 1. The van der Waals surface area contributed by atoms with Crippen LogP contribution in [0.2, 0.25) is 0 Å². The Morgan fingerprint density at radius 1 is 1.25 bits per heavy atom. The number of carboxylic acids is 1. The van der Waals surface area contributed by atoms with Crippen LogP contribution in [-0.4, -0.2) is 35.1 Å². The number of hydrogen-bond donors (Lipinski definition) is 0. The van der Waals surface area contributed by atoms with Crippen molar-refractivity contribution in [3.63, 3.8) is 0 Å². The topological polar surface area (TPSA) is 74.1 Å². The van der Waals surface area contributed by atoms with Gasteiger partial charge < -0.3 is 14.8 Å². The fourth-order valence-corrected chi connectivity index (χ4v) is 1.71.